The number of hydrogen-bond donors (Lipinski definition) is 2. The third-order valence-electron chi connectivity index (χ3n) is 3.67. The molecule has 0 aliphatic carbocycles. The van der Waals surface area contributed by atoms with Gasteiger partial charge in [0.25, 0.3) is 0 Å². The third kappa shape index (κ3) is 4.98. The summed E-state index contributed by atoms with van der Waals surface area (Å²) in [6.07, 6.45) is 0.0278. The van der Waals surface area contributed by atoms with E-state index in [4.69, 9.17) is 9.84 Å². The molecule has 22 heavy (non-hydrogen) atoms. The molecule has 0 aromatic rings. The van der Waals surface area contributed by atoms with Gasteiger partial charge in [0.15, 0.2) is 6.79 Å². The monoisotopic (exact) mass is 318 g/mol. The van der Waals surface area contributed by atoms with E-state index in [1.165, 1.54) is 21.0 Å². The second-order valence-electron chi connectivity index (χ2n) is 7.04. The Hall–Kier alpha value is -1.63. The number of aliphatic carboxylic acids is 1. The predicted octanol–water partition coefficient (Wildman–Crippen LogP) is 1.58. The van der Waals surface area contributed by atoms with Gasteiger partial charge in [-0.15, -0.1) is 0 Å². The number of hydrogen-bond acceptors (Lipinski definition) is 6. The van der Waals surface area contributed by atoms with Crippen LogP contribution in [0, 0.1) is 16.2 Å². The van der Waals surface area contributed by atoms with Gasteiger partial charge in [0.05, 0.1) is 23.4 Å². The summed E-state index contributed by atoms with van der Waals surface area (Å²) in [6.45, 7) is 6.97. The Kier molecular flexibility index (Phi) is 6.56. The molecule has 0 spiro atoms. The van der Waals surface area contributed by atoms with E-state index in [9.17, 15) is 19.5 Å². The zero-order chi connectivity index (χ0) is 17.8. The van der Waals surface area contributed by atoms with Crippen LogP contribution in [0.15, 0.2) is 0 Å². The van der Waals surface area contributed by atoms with E-state index >= 15 is 0 Å². The van der Waals surface area contributed by atoms with Crippen LogP contribution < -0.4 is 0 Å². The second-order valence-corrected chi connectivity index (χ2v) is 7.04. The van der Waals surface area contributed by atoms with E-state index in [1.54, 1.807) is 20.8 Å². The van der Waals surface area contributed by atoms with Crippen molar-refractivity contribution in [2.75, 3.05) is 13.9 Å². The molecule has 2 N–H and O–H groups in total. The smallest absolute Gasteiger partial charge is 0.313 e. The van der Waals surface area contributed by atoms with Gasteiger partial charge in [-0.3, -0.25) is 14.4 Å². The molecular formula is C15H26O7. The summed E-state index contributed by atoms with van der Waals surface area (Å²) in [6, 6.07) is 0. The lowest BCUT2D eigenvalue weighted by atomic mass is 9.66. The number of carbonyl (C=O) groups is 3. The van der Waals surface area contributed by atoms with Crippen molar-refractivity contribution >= 4 is 17.9 Å². The van der Waals surface area contributed by atoms with Crippen molar-refractivity contribution in [2.24, 2.45) is 16.2 Å². The van der Waals surface area contributed by atoms with Crippen LogP contribution in [0.1, 0.15) is 47.5 Å². The number of rotatable bonds is 8. The van der Waals surface area contributed by atoms with E-state index in [0.29, 0.717) is 0 Å². The second kappa shape index (κ2) is 7.09. The first-order valence-corrected chi connectivity index (χ1v) is 6.92. The fraction of sp³-hybridized carbons (Fsp3) is 0.800. The van der Waals surface area contributed by atoms with Gasteiger partial charge in [0.2, 0.25) is 0 Å². The Morgan fingerprint density at radius 3 is 1.73 bits per heavy atom. The number of carboxylic acids is 1. The molecule has 0 aromatic carbocycles. The fourth-order valence-corrected chi connectivity index (χ4v) is 2.81. The number of esters is 2. The maximum atomic E-state index is 12.2. The maximum Gasteiger partial charge on any atom is 0.313 e. The topological polar surface area (TPSA) is 110 Å². The Morgan fingerprint density at radius 1 is 0.909 bits per heavy atom. The maximum absolute atomic E-state index is 12.2. The van der Waals surface area contributed by atoms with Gasteiger partial charge in [-0.25, -0.2) is 0 Å². The molecule has 0 heterocycles. The molecule has 1 unspecified atom stereocenters. The van der Waals surface area contributed by atoms with Crippen LogP contribution in [-0.4, -0.2) is 42.0 Å². The van der Waals surface area contributed by atoms with E-state index in [-0.39, 0.29) is 12.8 Å². The van der Waals surface area contributed by atoms with Gasteiger partial charge in [0.1, 0.15) is 0 Å². The van der Waals surface area contributed by atoms with Gasteiger partial charge < -0.3 is 19.7 Å². The highest BCUT2D eigenvalue weighted by atomic mass is 16.6. The first-order valence-electron chi connectivity index (χ1n) is 6.92. The van der Waals surface area contributed by atoms with Crippen molar-refractivity contribution in [3.8, 4) is 0 Å². The summed E-state index contributed by atoms with van der Waals surface area (Å²) in [5.74, 6) is -2.30. The average Bonchev–Trinajstić information content (AvgIpc) is 2.36. The number of methoxy groups -OCH3 is 1. The first kappa shape index (κ1) is 20.4. The molecule has 0 bridgehead atoms. The van der Waals surface area contributed by atoms with Crippen molar-refractivity contribution in [3.63, 3.8) is 0 Å². The molecule has 0 aliphatic rings. The summed E-state index contributed by atoms with van der Waals surface area (Å²) < 4.78 is 9.38. The normalized spacial score (nSPS) is 14.9. The van der Waals surface area contributed by atoms with Crippen LogP contribution in [0.4, 0.5) is 0 Å². The molecule has 0 saturated heterocycles. The summed E-state index contributed by atoms with van der Waals surface area (Å²) in [5, 5.41) is 18.0. The minimum atomic E-state index is -1.19. The zero-order valence-corrected chi connectivity index (χ0v) is 14.1. The Bertz CT molecular complexity index is 439. The predicted molar refractivity (Wildman–Crippen MR) is 77.7 cm³/mol. The van der Waals surface area contributed by atoms with E-state index in [0.717, 1.165) is 0 Å². The zero-order valence-electron chi connectivity index (χ0n) is 14.1. The quantitative estimate of drug-likeness (QED) is 0.516. The van der Waals surface area contributed by atoms with Crippen LogP contribution >= 0.6 is 0 Å². The number of carbonyl (C=O) groups excluding carboxylic acids is 2. The molecule has 0 amide bonds. The summed E-state index contributed by atoms with van der Waals surface area (Å²) in [7, 11) is 1.22. The molecule has 1 atom stereocenters. The van der Waals surface area contributed by atoms with Gasteiger partial charge in [0, 0.05) is 0 Å². The van der Waals surface area contributed by atoms with Crippen LogP contribution in [0.2, 0.25) is 0 Å². The van der Waals surface area contributed by atoms with Crippen LogP contribution in [0.25, 0.3) is 0 Å². The van der Waals surface area contributed by atoms with E-state index in [2.05, 4.69) is 4.74 Å². The molecule has 7 heteroatoms. The lowest BCUT2D eigenvalue weighted by molar-refractivity contribution is -0.169. The van der Waals surface area contributed by atoms with Crippen molar-refractivity contribution in [2.45, 2.75) is 47.5 Å². The summed E-state index contributed by atoms with van der Waals surface area (Å²) in [5.41, 5.74) is -3.44. The lowest BCUT2D eigenvalue weighted by Gasteiger charge is -2.37. The Morgan fingerprint density at radius 2 is 1.36 bits per heavy atom. The van der Waals surface area contributed by atoms with Crippen LogP contribution in [0.3, 0.4) is 0 Å². The molecule has 0 saturated carbocycles. The highest BCUT2D eigenvalue weighted by Gasteiger charge is 2.48. The standard InChI is InChI=1S/C15H26O7/c1-13(2,10(17)18)7-15(5,12(20)21-6)8-14(3,4)11(19)22-9-16/h16H,7-9H2,1-6H3,(H,17,18). The molecule has 0 aromatic heterocycles. The fourth-order valence-electron chi connectivity index (χ4n) is 2.81. The highest BCUT2D eigenvalue weighted by Crippen LogP contribution is 2.43. The van der Waals surface area contributed by atoms with Crippen LogP contribution in [0.5, 0.6) is 0 Å². The SMILES string of the molecule is COC(=O)C(C)(CC(C)(C)C(=O)O)CC(C)(C)C(=O)OCO. The number of aliphatic hydroxyl groups excluding tert-OH is 1. The minimum Gasteiger partial charge on any atom is -0.481 e. The van der Waals surface area contributed by atoms with Gasteiger partial charge in [-0.2, -0.15) is 0 Å². The van der Waals surface area contributed by atoms with Crippen molar-refractivity contribution < 1.29 is 34.1 Å². The van der Waals surface area contributed by atoms with Gasteiger partial charge in [-0.05, 0) is 47.5 Å². The summed E-state index contributed by atoms with van der Waals surface area (Å²) >= 11 is 0. The number of carboxylic acid groups (broad SMARTS) is 1. The Labute approximate surface area is 130 Å². The molecule has 7 nitrogen and oxygen atoms in total. The average molecular weight is 318 g/mol. The van der Waals surface area contributed by atoms with E-state index in [1.807, 2.05) is 0 Å². The Balaban J connectivity index is 5.51. The molecular weight excluding hydrogens is 292 g/mol. The molecule has 128 valence electrons. The third-order valence-corrected chi connectivity index (χ3v) is 3.67. The number of aliphatic hydroxyl groups is 1. The van der Waals surface area contributed by atoms with Crippen LogP contribution in [-0.2, 0) is 23.9 Å². The number of ether oxygens (including phenoxy) is 2. The van der Waals surface area contributed by atoms with Gasteiger partial charge >= 0.3 is 17.9 Å². The highest BCUT2D eigenvalue weighted by molar-refractivity contribution is 5.81. The van der Waals surface area contributed by atoms with Crippen molar-refractivity contribution in [1.29, 1.82) is 0 Å². The van der Waals surface area contributed by atoms with Crippen molar-refractivity contribution in [3.05, 3.63) is 0 Å². The molecule has 0 fully saturated rings. The summed E-state index contributed by atoms with van der Waals surface area (Å²) in [4.78, 5) is 35.4. The lowest BCUT2D eigenvalue weighted by Crippen LogP contribution is -2.43. The van der Waals surface area contributed by atoms with Gasteiger partial charge in [-0.1, -0.05) is 0 Å². The molecule has 0 radical (unpaired) electrons. The van der Waals surface area contributed by atoms with Crippen molar-refractivity contribution in [1.82, 2.24) is 0 Å². The molecule has 0 aliphatic heterocycles. The largest absolute Gasteiger partial charge is 0.481 e. The molecule has 0 rings (SSSR count). The minimum absolute atomic E-state index is 0.00214. The first-order chi connectivity index (χ1) is 9.82. The van der Waals surface area contributed by atoms with E-state index < -0.39 is 40.9 Å².